The van der Waals surface area contributed by atoms with Gasteiger partial charge in [0.15, 0.2) is 11.5 Å². The topological polar surface area (TPSA) is 46.3 Å². The Morgan fingerprint density at radius 2 is 1.35 bits per heavy atom. The second kappa shape index (κ2) is 10.5. The summed E-state index contributed by atoms with van der Waals surface area (Å²) >= 11 is 0. The van der Waals surface area contributed by atoms with Gasteiger partial charge in [0.25, 0.3) is 0 Å². The van der Waals surface area contributed by atoms with Crippen LogP contribution in [0.15, 0.2) is 84.9 Å². The molecule has 37 heavy (non-hydrogen) atoms. The second-order valence-corrected chi connectivity index (χ2v) is 9.71. The van der Waals surface area contributed by atoms with Crippen LogP contribution in [0.2, 0.25) is 0 Å². The van der Waals surface area contributed by atoms with Crippen LogP contribution < -0.4 is 14.8 Å². The van der Waals surface area contributed by atoms with Gasteiger partial charge in [-0.05, 0) is 82.7 Å². The van der Waals surface area contributed by atoms with Crippen LogP contribution in [0, 0.1) is 0 Å². The molecule has 0 spiro atoms. The number of aromatic nitrogens is 1. The first-order valence-corrected chi connectivity index (χ1v) is 12.7. The van der Waals surface area contributed by atoms with Gasteiger partial charge in [-0.2, -0.15) is 0 Å². The van der Waals surface area contributed by atoms with Crippen molar-refractivity contribution in [3.63, 3.8) is 0 Å². The van der Waals surface area contributed by atoms with Crippen LogP contribution >= 0.6 is 0 Å². The number of fused-ring (bicyclic) bond motifs is 1. The molecular weight excluding hydrogens is 456 g/mol. The van der Waals surface area contributed by atoms with E-state index in [1.807, 2.05) is 19.2 Å². The first-order chi connectivity index (χ1) is 18.0. The Morgan fingerprint density at radius 1 is 0.703 bits per heavy atom. The third kappa shape index (κ3) is 4.85. The molecule has 0 radical (unpaired) electrons. The summed E-state index contributed by atoms with van der Waals surface area (Å²) in [7, 11) is 5.31. The lowest BCUT2D eigenvalue weighted by molar-refractivity contribution is 0.355. The third-order valence-corrected chi connectivity index (χ3v) is 6.95. The van der Waals surface area contributed by atoms with Gasteiger partial charge in [-0.1, -0.05) is 62.4 Å². The van der Waals surface area contributed by atoms with E-state index in [0.717, 1.165) is 34.8 Å². The smallest absolute Gasteiger partial charge is 0.161 e. The Labute approximate surface area is 219 Å². The zero-order chi connectivity index (χ0) is 25.9. The highest BCUT2D eigenvalue weighted by atomic mass is 16.5. The van der Waals surface area contributed by atoms with E-state index >= 15 is 0 Å². The van der Waals surface area contributed by atoms with Crippen molar-refractivity contribution in [3.05, 3.63) is 96.1 Å². The molecule has 1 heterocycles. The third-order valence-electron chi connectivity index (χ3n) is 6.95. The predicted octanol–water partition coefficient (Wildman–Crippen LogP) is 8.03. The van der Waals surface area contributed by atoms with E-state index in [4.69, 9.17) is 9.47 Å². The average Bonchev–Trinajstić information content (AvgIpc) is 3.32. The van der Waals surface area contributed by atoms with Crippen LogP contribution in [0.1, 0.15) is 30.9 Å². The summed E-state index contributed by atoms with van der Waals surface area (Å²) in [5, 5.41) is 4.48. The molecule has 4 nitrogen and oxygen atoms in total. The van der Waals surface area contributed by atoms with Crippen LogP contribution in [0.3, 0.4) is 0 Å². The molecule has 0 aliphatic rings. The number of benzene rings is 4. The number of methoxy groups -OCH3 is 2. The lowest BCUT2D eigenvalue weighted by atomic mass is 9.93. The molecule has 1 aromatic heterocycles. The minimum atomic E-state index is 0.347. The van der Waals surface area contributed by atoms with E-state index in [0.29, 0.717) is 5.92 Å². The monoisotopic (exact) mass is 490 g/mol. The zero-order valence-corrected chi connectivity index (χ0v) is 22.2. The molecule has 0 amide bonds. The van der Waals surface area contributed by atoms with E-state index in [2.05, 4.69) is 96.9 Å². The minimum absolute atomic E-state index is 0.347. The summed E-state index contributed by atoms with van der Waals surface area (Å²) in [6, 6.07) is 30.4. The van der Waals surface area contributed by atoms with Crippen LogP contribution in [-0.4, -0.2) is 26.3 Å². The summed E-state index contributed by atoms with van der Waals surface area (Å²) in [5.41, 5.74) is 10.8. The molecular formula is C33H34N2O2. The standard InChI is InChI=1S/C33H34N2O2/c1-21(2)32-28-18-26(24-11-9-23(10-12-24)25-8-6-7-22(17-25)20-34-3)13-15-29(28)35-33(32)27-14-16-30(36-4)31(19-27)37-5/h6-19,21,34-35H,20H2,1-5H3. The molecule has 2 N–H and O–H groups in total. The van der Waals surface area contributed by atoms with E-state index in [9.17, 15) is 0 Å². The van der Waals surface area contributed by atoms with Crippen LogP contribution in [0.5, 0.6) is 11.5 Å². The van der Waals surface area contributed by atoms with Crippen LogP contribution in [0.4, 0.5) is 0 Å². The Hall–Kier alpha value is -4.02. The number of aromatic amines is 1. The summed E-state index contributed by atoms with van der Waals surface area (Å²) in [4.78, 5) is 3.67. The van der Waals surface area contributed by atoms with Crippen molar-refractivity contribution in [2.24, 2.45) is 0 Å². The SMILES string of the molecule is CNCc1cccc(-c2ccc(-c3ccc4[nH]c(-c5ccc(OC)c(OC)c5)c(C(C)C)c4c3)cc2)c1. The van der Waals surface area contributed by atoms with E-state index in [-0.39, 0.29) is 0 Å². The van der Waals surface area contributed by atoms with Gasteiger partial charge in [0.2, 0.25) is 0 Å². The fourth-order valence-electron chi connectivity index (χ4n) is 5.13. The molecule has 0 saturated heterocycles. The minimum Gasteiger partial charge on any atom is -0.493 e. The van der Waals surface area contributed by atoms with Crippen molar-refractivity contribution in [2.45, 2.75) is 26.3 Å². The normalized spacial score (nSPS) is 11.3. The molecule has 188 valence electrons. The largest absolute Gasteiger partial charge is 0.493 e. The lowest BCUT2D eigenvalue weighted by Crippen LogP contribution is -2.04. The van der Waals surface area contributed by atoms with E-state index in [1.165, 1.54) is 38.8 Å². The Morgan fingerprint density at radius 3 is 2.00 bits per heavy atom. The Bertz CT molecular complexity index is 1530. The second-order valence-electron chi connectivity index (χ2n) is 9.71. The van der Waals surface area contributed by atoms with E-state index < -0.39 is 0 Å². The highest BCUT2D eigenvalue weighted by molar-refractivity contribution is 5.94. The number of hydrogen-bond acceptors (Lipinski definition) is 3. The van der Waals surface area contributed by atoms with E-state index in [1.54, 1.807) is 14.2 Å². The number of H-pyrrole nitrogens is 1. The highest BCUT2D eigenvalue weighted by Gasteiger charge is 2.18. The summed E-state index contributed by atoms with van der Waals surface area (Å²) in [5.74, 6) is 1.80. The fraction of sp³-hybridized carbons (Fsp3) is 0.212. The molecule has 0 atom stereocenters. The predicted molar refractivity (Wildman–Crippen MR) is 155 cm³/mol. The quantitative estimate of drug-likeness (QED) is 0.231. The van der Waals surface area contributed by atoms with Crippen molar-refractivity contribution in [2.75, 3.05) is 21.3 Å². The molecule has 5 aromatic rings. The maximum absolute atomic E-state index is 5.57. The average molecular weight is 491 g/mol. The molecule has 0 aliphatic heterocycles. The maximum Gasteiger partial charge on any atom is 0.161 e. The summed E-state index contributed by atoms with van der Waals surface area (Å²) < 4.78 is 11.0. The van der Waals surface area contributed by atoms with Crippen molar-refractivity contribution >= 4 is 10.9 Å². The van der Waals surface area contributed by atoms with Gasteiger partial charge in [0.05, 0.1) is 19.9 Å². The van der Waals surface area contributed by atoms with Gasteiger partial charge in [0, 0.05) is 23.0 Å². The Balaban J connectivity index is 1.53. The van der Waals surface area contributed by atoms with Crippen molar-refractivity contribution in [1.82, 2.24) is 10.3 Å². The van der Waals surface area contributed by atoms with Crippen molar-refractivity contribution in [3.8, 4) is 45.0 Å². The molecule has 0 bridgehead atoms. The zero-order valence-electron chi connectivity index (χ0n) is 22.2. The van der Waals surface area contributed by atoms with Crippen LogP contribution in [0.25, 0.3) is 44.4 Å². The molecule has 0 aliphatic carbocycles. The van der Waals surface area contributed by atoms with Crippen molar-refractivity contribution in [1.29, 1.82) is 0 Å². The van der Waals surface area contributed by atoms with Crippen molar-refractivity contribution < 1.29 is 9.47 Å². The van der Waals surface area contributed by atoms with Crippen LogP contribution in [-0.2, 0) is 6.54 Å². The highest BCUT2D eigenvalue weighted by Crippen LogP contribution is 2.40. The fourth-order valence-corrected chi connectivity index (χ4v) is 5.13. The first kappa shape index (κ1) is 24.7. The van der Waals surface area contributed by atoms with Gasteiger partial charge in [-0.25, -0.2) is 0 Å². The van der Waals surface area contributed by atoms with Gasteiger partial charge >= 0.3 is 0 Å². The van der Waals surface area contributed by atoms with Gasteiger partial charge in [-0.3, -0.25) is 0 Å². The summed E-state index contributed by atoms with van der Waals surface area (Å²) in [6.07, 6.45) is 0. The molecule has 4 aromatic carbocycles. The Kier molecular flexibility index (Phi) is 7.02. The number of hydrogen-bond donors (Lipinski definition) is 2. The molecule has 0 fully saturated rings. The van der Waals surface area contributed by atoms with Gasteiger partial charge in [0.1, 0.15) is 0 Å². The lowest BCUT2D eigenvalue weighted by Gasteiger charge is -2.12. The summed E-state index contributed by atoms with van der Waals surface area (Å²) in [6.45, 7) is 5.36. The number of rotatable bonds is 8. The number of ether oxygens (including phenoxy) is 2. The molecule has 5 rings (SSSR count). The first-order valence-electron chi connectivity index (χ1n) is 12.7. The molecule has 0 unspecified atom stereocenters. The number of nitrogens with one attached hydrogen (secondary N) is 2. The molecule has 0 saturated carbocycles. The molecule has 4 heteroatoms. The van der Waals surface area contributed by atoms with Gasteiger partial charge < -0.3 is 19.8 Å². The maximum atomic E-state index is 5.57. The van der Waals surface area contributed by atoms with Gasteiger partial charge in [-0.15, -0.1) is 0 Å².